The number of nitrogens with one attached hydrogen (secondary N) is 1. The van der Waals surface area contributed by atoms with Gasteiger partial charge in [0.25, 0.3) is 0 Å². The Morgan fingerprint density at radius 2 is 1.47 bits per heavy atom. The van der Waals surface area contributed by atoms with Crippen LogP contribution in [0.25, 0.3) is 0 Å². The van der Waals surface area contributed by atoms with E-state index in [0.29, 0.717) is 17.0 Å². The summed E-state index contributed by atoms with van der Waals surface area (Å²) < 4.78 is 0. The maximum Gasteiger partial charge on any atom is 0.171 e. The average Bonchev–Trinajstić information content (AvgIpc) is 2.57. The van der Waals surface area contributed by atoms with E-state index in [1.165, 1.54) is 0 Å². The Kier molecular flexibility index (Phi) is 2.66. The van der Waals surface area contributed by atoms with Crippen LogP contribution in [0.5, 0.6) is 0 Å². The van der Waals surface area contributed by atoms with Crippen molar-refractivity contribution in [2.45, 2.75) is 47.6 Å². The normalized spacial score (nSPS) is 21.4. The second kappa shape index (κ2) is 3.58. The molecular weight excluding hydrogens is 234 g/mol. The Hall–Kier alpha value is -0.830. The van der Waals surface area contributed by atoms with Crippen molar-refractivity contribution in [1.82, 2.24) is 9.97 Å². The summed E-state index contributed by atoms with van der Waals surface area (Å²) in [5.74, 6) is 0.707. The zero-order valence-corrected chi connectivity index (χ0v) is 12.1. The van der Waals surface area contributed by atoms with Gasteiger partial charge in [-0.15, -0.1) is 0 Å². The molecule has 0 bridgehead atoms. The number of anilines is 1. The van der Waals surface area contributed by atoms with Crippen LogP contribution in [0.15, 0.2) is 0 Å². The molecule has 17 heavy (non-hydrogen) atoms. The first-order valence-electron chi connectivity index (χ1n) is 5.95. The molecule has 0 aliphatic heterocycles. The molecule has 1 fully saturated rings. The van der Waals surface area contributed by atoms with E-state index in [2.05, 4.69) is 43.0 Å². The Balaban J connectivity index is 2.25. The van der Waals surface area contributed by atoms with Crippen molar-refractivity contribution >= 4 is 17.4 Å². The molecule has 2 rings (SSSR count). The van der Waals surface area contributed by atoms with Gasteiger partial charge in [-0.2, -0.15) is 0 Å². The minimum atomic E-state index is 0.261. The molecule has 1 aromatic heterocycles. The van der Waals surface area contributed by atoms with Crippen molar-refractivity contribution in [3.63, 3.8) is 0 Å². The van der Waals surface area contributed by atoms with Gasteiger partial charge in [-0.05, 0) is 24.7 Å². The van der Waals surface area contributed by atoms with Gasteiger partial charge < -0.3 is 5.32 Å². The number of aryl methyl sites for hydroxylation is 2. The Morgan fingerprint density at radius 1 is 1.00 bits per heavy atom. The van der Waals surface area contributed by atoms with Crippen LogP contribution in [0, 0.1) is 24.7 Å². The molecule has 4 heteroatoms. The summed E-state index contributed by atoms with van der Waals surface area (Å²) in [6.07, 6.45) is 0. The second-order valence-corrected chi connectivity index (χ2v) is 6.41. The molecule has 1 aromatic rings. The molecule has 0 radical (unpaired) electrons. The van der Waals surface area contributed by atoms with Crippen molar-refractivity contribution in [2.75, 3.05) is 5.32 Å². The van der Waals surface area contributed by atoms with Crippen molar-refractivity contribution in [3.05, 3.63) is 16.5 Å². The van der Waals surface area contributed by atoms with Crippen molar-refractivity contribution in [1.29, 1.82) is 0 Å². The lowest BCUT2D eigenvalue weighted by atomic mass is 10.0. The third-order valence-corrected chi connectivity index (χ3v) is 4.83. The summed E-state index contributed by atoms with van der Waals surface area (Å²) in [5.41, 5.74) is 2.33. The standard InChI is InChI=1S/C13H20ClN3/c1-7-8(2)16-10(9(14)15-7)17-11-12(3,4)13(11,5)6/h11H,1-6H3,(H,16,17). The highest BCUT2D eigenvalue weighted by Crippen LogP contribution is 2.63. The van der Waals surface area contributed by atoms with Gasteiger partial charge in [0.2, 0.25) is 0 Å². The second-order valence-electron chi connectivity index (χ2n) is 6.05. The van der Waals surface area contributed by atoms with Crippen LogP contribution in [-0.4, -0.2) is 16.0 Å². The van der Waals surface area contributed by atoms with E-state index in [4.69, 9.17) is 11.6 Å². The average molecular weight is 254 g/mol. The maximum atomic E-state index is 6.12. The van der Waals surface area contributed by atoms with E-state index in [9.17, 15) is 0 Å². The summed E-state index contributed by atoms with van der Waals surface area (Å²) in [4.78, 5) is 8.77. The van der Waals surface area contributed by atoms with Crippen LogP contribution in [0.4, 0.5) is 5.82 Å². The fraction of sp³-hybridized carbons (Fsp3) is 0.692. The fourth-order valence-corrected chi connectivity index (χ4v) is 2.59. The predicted molar refractivity (Wildman–Crippen MR) is 71.5 cm³/mol. The van der Waals surface area contributed by atoms with Gasteiger partial charge in [0.15, 0.2) is 11.0 Å². The molecule has 1 aliphatic rings. The minimum Gasteiger partial charge on any atom is -0.364 e. The molecule has 1 heterocycles. The van der Waals surface area contributed by atoms with Gasteiger partial charge in [0.05, 0.1) is 11.4 Å². The molecule has 1 aliphatic carbocycles. The minimum absolute atomic E-state index is 0.261. The molecule has 0 saturated heterocycles. The first-order valence-corrected chi connectivity index (χ1v) is 6.33. The Labute approximate surface area is 108 Å². The number of aromatic nitrogens is 2. The molecule has 0 atom stereocenters. The van der Waals surface area contributed by atoms with E-state index in [-0.39, 0.29) is 10.8 Å². The van der Waals surface area contributed by atoms with Gasteiger partial charge in [-0.3, -0.25) is 0 Å². The van der Waals surface area contributed by atoms with Crippen LogP contribution in [0.3, 0.4) is 0 Å². The molecule has 0 unspecified atom stereocenters. The number of hydrogen-bond donors (Lipinski definition) is 1. The first kappa shape index (κ1) is 12.6. The van der Waals surface area contributed by atoms with Gasteiger partial charge in [0.1, 0.15) is 0 Å². The fourth-order valence-electron chi connectivity index (χ4n) is 2.36. The lowest BCUT2D eigenvalue weighted by molar-refractivity contribution is 0.457. The lowest BCUT2D eigenvalue weighted by Crippen LogP contribution is -2.13. The van der Waals surface area contributed by atoms with Crippen LogP contribution in [-0.2, 0) is 0 Å². The van der Waals surface area contributed by atoms with Gasteiger partial charge >= 0.3 is 0 Å². The zero-order valence-electron chi connectivity index (χ0n) is 11.3. The largest absolute Gasteiger partial charge is 0.364 e. The molecule has 0 aromatic carbocycles. The van der Waals surface area contributed by atoms with Crippen LogP contribution in [0.1, 0.15) is 39.1 Å². The summed E-state index contributed by atoms with van der Waals surface area (Å²) >= 11 is 6.12. The highest BCUT2D eigenvalue weighted by Gasteiger charge is 2.65. The number of halogens is 1. The Bertz CT molecular complexity index is 452. The summed E-state index contributed by atoms with van der Waals surface area (Å²) in [7, 11) is 0. The maximum absolute atomic E-state index is 6.12. The van der Waals surface area contributed by atoms with Gasteiger partial charge in [-0.1, -0.05) is 39.3 Å². The molecule has 94 valence electrons. The highest BCUT2D eigenvalue weighted by molar-refractivity contribution is 6.31. The quantitative estimate of drug-likeness (QED) is 0.875. The monoisotopic (exact) mass is 253 g/mol. The van der Waals surface area contributed by atoms with Gasteiger partial charge in [0, 0.05) is 6.04 Å². The van der Waals surface area contributed by atoms with E-state index in [1.807, 2.05) is 13.8 Å². The molecule has 0 spiro atoms. The summed E-state index contributed by atoms with van der Waals surface area (Å²) in [6.45, 7) is 12.9. The molecular formula is C13H20ClN3. The smallest absolute Gasteiger partial charge is 0.171 e. The molecule has 1 N–H and O–H groups in total. The van der Waals surface area contributed by atoms with E-state index < -0.39 is 0 Å². The highest BCUT2D eigenvalue weighted by atomic mass is 35.5. The Morgan fingerprint density at radius 3 is 1.94 bits per heavy atom. The molecule has 1 saturated carbocycles. The third-order valence-electron chi connectivity index (χ3n) is 4.57. The van der Waals surface area contributed by atoms with Gasteiger partial charge in [-0.25, -0.2) is 9.97 Å². The van der Waals surface area contributed by atoms with Crippen LogP contribution < -0.4 is 5.32 Å². The van der Waals surface area contributed by atoms with Crippen molar-refractivity contribution < 1.29 is 0 Å². The lowest BCUT2D eigenvalue weighted by Gasteiger charge is -2.10. The number of nitrogens with zero attached hydrogens (tertiary/aromatic N) is 2. The zero-order chi connectivity index (χ0) is 13.0. The first-order chi connectivity index (χ1) is 7.68. The number of hydrogen-bond acceptors (Lipinski definition) is 3. The van der Waals surface area contributed by atoms with E-state index in [1.54, 1.807) is 0 Å². The molecule has 0 amide bonds. The van der Waals surface area contributed by atoms with Crippen molar-refractivity contribution in [2.24, 2.45) is 10.8 Å². The molecule has 3 nitrogen and oxygen atoms in total. The SMILES string of the molecule is Cc1nc(Cl)c(NC2C(C)(C)C2(C)C)nc1C. The summed E-state index contributed by atoms with van der Waals surface area (Å²) in [5, 5.41) is 3.89. The van der Waals surface area contributed by atoms with Crippen LogP contribution in [0.2, 0.25) is 5.15 Å². The van der Waals surface area contributed by atoms with Crippen LogP contribution >= 0.6 is 11.6 Å². The topological polar surface area (TPSA) is 37.8 Å². The summed E-state index contributed by atoms with van der Waals surface area (Å²) in [6, 6.07) is 0.393. The van der Waals surface area contributed by atoms with Crippen molar-refractivity contribution in [3.8, 4) is 0 Å². The van der Waals surface area contributed by atoms with E-state index in [0.717, 1.165) is 11.4 Å². The van der Waals surface area contributed by atoms with E-state index >= 15 is 0 Å². The number of rotatable bonds is 2. The third kappa shape index (κ3) is 1.81. The predicted octanol–water partition coefficient (Wildman–Crippen LogP) is 3.59.